The summed E-state index contributed by atoms with van der Waals surface area (Å²) in [5, 5.41) is 51.3. The number of non-ortho nitro benzene ring substituents is 1. The molecule has 6 rings (SSSR count). The smallest absolute Gasteiger partial charge is 0.270 e. The van der Waals surface area contributed by atoms with E-state index < -0.39 is 47.7 Å². The quantitative estimate of drug-likeness (QED) is 0.140. The van der Waals surface area contributed by atoms with E-state index in [1.807, 2.05) is 0 Å². The number of H-pyrrole nitrogens is 2. The third-order valence-electron chi connectivity index (χ3n) is 6.54. The van der Waals surface area contributed by atoms with Crippen LogP contribution < -0.4 is 10.2 Å². The first-order chi connectivity index (χ1) is 18.2. The number of nitro benzene ring substituents is 1. The standard InChI is InChI=1S/C24H20N4O10/c29-7-16-19(31)20(32)21(33)24(38-16)37-10-2-3-11-15(6-10)36-8-13(18(11)30)22-26-17-12-5-9(28(34)35)1-4-14(12)25-23(17)27-22/h1-6,8,16,19-21,24-25,29,31-33H,7H2,(H,26,27)/t16-,19-,20+,21-,24-/m1/s1. The molecule has 1 aliphatic heterocycles. The number of rotatable bonds is 5. The summed E-state index contributed by atoms with van der Waals surface area (Å²) in [6, 6.07) is 8.64. The Morgan fingerprint density at radius 3 is 2.63 bits per heavy atom. The molecule has 14 heteroatoms. The van der Waals surface area contributed by atoms with Crippen LogP contribution in [0.4, 0.5) is 5.69 Å². The molecule has 38 heavy (non-hydrogen) atoms. The molecule has 3 aromatic heterocycles. The van der Waals surface area contributed by atoms with Gasteiger partial charge in [-0.1, -0.05) is 0 Å². The molecule has 5 atom stereocenters. The molecular formula is C24H20N4O10. The average molecular weight is 524 g/mol. The summed E-state index contributed by atoms with van der Waals surface area (Å²) in [6.45, 7) is -0.603. The van der Waals surface area contributed by atoms with Gasteiger partial charge in [-0.3, -0.25) is 14.9 Å². The molecule has 1 fully saturated rings. The predicted octanol–water partition coefficient (Wildman–Crippen LogP) is 0.904. The molecule has 0 unspecified atom stereocenters. The van der Waals surface area contributed by atoms with Crippen molar-refractivity contribution in [2.24, 2.45) is 0 Å². The van der Waals surface area contributed by atoms with Gasteiger partial charge >= 0.3 is 0 Å². The van der Waals surface area contributed by atoms with Gasteiger partial charge in [0.2, 0.25) is 11.7 Å². The maximum atomic E-state index is 13.2. The number of imidazole rings is 1. The monoisotopic (exact) mass is 524 g/mol. The summed E-state index contributed by atoms with van der Waals surface area (Å²) < 4.78 is 16.6. The summed E-state index contributed by atoms with van der Waals surface area (Å²) in [5.41, 5.74) is 1.36. The van der Waals surface area contributed by atoms with E-state index in [1.54, 1.807) is 6.07 Å². The Labute approximate surface area is 210 Å². The fourth-order valence-corrected chi connectivity index (χ4v) is 4.52. The lowest BCUT2D eigenvalue weighted by molar-refractivity contribution is -0.384. The highest BCUT2D eigenvalue weighted by Crippen LogP contribution is 2.30. The van der Waals surface area contributed by atoms with Gasteiger partial charge in [-0.15, -0.1) is 0 Å². The lowest BCUT2D eigenvalue weighted by atomic mass is 9.99. The number of ether oxygens (including phenoxy) is 2. The fourth-order valence-electron chi connectivity index (χ4n) is 4.52. The third-order valence-corrected chi connectivity index (χ3v) is 6.54. The van der Waals surface area contributed by atoms with Gasteiger partial charge in [0, 0.05) is 29.1 Å². The highest BCUT2D eigenvalue weighted by atomic mass is 16.7. The molecule has 6 N–H and O–H groups in total. The van der Waals surface area contributed by atoms with E-state index in [1.165, 1.54) is 36.6 Å². The molecular weight excluding hydrogens is 504 g/mol. The van der Waals surface area contributed by atoms with Crippen molar-refractivity contribution in [2.45, 2.75) is 30.7 Å². The Kier molecular flexibility index (Phi) is 5.62. The number of hydrogen-bond donors (Lipinski definition) is 6. The van der Waals surface area contributed by atoms with Gasteiger partial charge in [-0.05, 0) is 18.2 Å². The Bertz CT molecular complexity index is 1760. The number of aromatic amines is 2. The molecule has 196 valence electrons. The Morgan fingerprint density at radius 1 is 1.05 bits per heavy atom. The van der Waals surface area contributed by atoms with E-state index in [-0.39, 0.29) is 33.8 Å². The van der Waals surface area contributed by atoms with E-state index in [0.29, 0.717) is 22.1 Å². The van der Waals surface area contributed by atoms with E-state index in [4.69, 9.17) is 13.9 Å². The Hall–Kier alpha value is -4.34. The van der Waals surface area contributed by atoms with E-state index in [2.05, 4.69) is 15.0 Å². The van der Waals surface area contributed by atoms with Crippen LogP contribution in [-0.4, -0.2) is 77.6 Å². The van der Waals surface area contributed by atoms with Crippen LogP contribution in [0.15, 0.2) is 51.9 Å². The molecule has 2 aromatic carbocycles. The summed E-state index contributed by atoms with van der Waals surface area (Å²) in [7, 11) is 0. The number of nitro groups is 1. The molecule has 0 radical (unpaired) electrons. The minimum atomic E-state index is -1.60. The van der Waals surface area contributed by atoms with Crippen LogP contribution >= 0.6 is 0 Å². The number of aliphatic hydroxyl groups is 4. The zero-order valence-electron chi connectivity index (χ0n) is 19.3. The molecule has 5 aromatic rings. The number of hydrogen-bond acceptors (Lipinski definition) is 11. The highest BCUT2D eigenvalue weighted by Gasteiger charge is 2.44. The SMILES string of the molecule is O=c1c(-c2nc3[nH]c4ccc([N+](=O)[O-])cc4c3[nH]2)coc2cc(O[C@@H]3O[C@H](CO)[C@@H](O)[C@H](O)[C@H]3O)ccc12. The normalized spacial score (nSPS) is 23.8. The summed E-state index contributed by atoms with van der Waals surface area (Å²) >= 11 is 0. The maximum Gasteiger partial charge on any atom is 0.270 e. The first-order valence-corrected chi connectivity index (χ1v) is 11.4. The molecule has 0 saturated carbocycles. The summed E-state index contributed by atoms with van der Waals surface area (Å²) in [6.07, 6.45) is -6.05. The van der Waals surface area contributed by atoms with Crippen molar-refractivity contribution in [3.8, 4) is 17.1 Å². The van der Waals surface area contributed by atoms with Gasteiger partial charge in [0.25, 0.3) is 5.69 Å². The zero-order chi connectivity index (χ0) is 26.7. The lowest BCUT2D eigenvalue weighted by Gasteiger charge is -2.39. The fraction of sp³-hybridized carbons (Fsp3) is 0.250. The number of aromatic nitrogens is 3. The van der Waals surface area contributed by atoms with E-state index in [0.717, 1.165) is 0 Å². The predicted molar refractivity (Wildman–Crippen MR) is 130 cm³/mol. The molecule has 1 saturated heterocycles. The van der Waals surface area contributed by atoms with Crippen molar-refractivity contribution in [1.29, 1.82) is 0 Å². The van der Waals surface area contributed by atoms with E-state index in [9.17, 15) is 35.3 Å². The lowest BCUT2D eigenvalue weighted by Crippen LogP contribution is -2.60. The van der Waals surface area contributed by atoms with Gasteiger partial charge in [0.1, 0.15) is 53.4 Å². The number of aliphatic hydroxyl groups excluding tert-OH is 4. The van der Waals surface area contributed by atoms with Crippen LogP contribution in [0, 0.1) is 10.1 Å². The highest BCUT2D eigenvalue weighted by molar-refractivity contribution is 6.05. The molecule has 1 aliphatic rings. The van der Waals surface area contributed by atoms with Crippen LogP contribution in [0.2, 0.25) is 0 Å². The van der Waals surface area contributed by atoms with Crippen molar-refractivity contribution in [3.05, 3.63) is 63.0 Å². The van der Waals surface area contributed by atoms with Gasteiger partial charge in [-0.2, -0.15) is 0 Å². The first kappa shape index (κ1) is 24.0. The summed E-state index contributed by atoms with van der Waals surface area (Å²) in [4.78, 5) is 34.4. The number of nitrogens with zero attached hydrogens (tertiary/aromatic N) is 2. The second-order valence-corrected chi connectivity index (χ2v) is 8.87. The van der Waals surface area contributed by atoms with Crippen LogP contribution in [-0.2, 0) is 4.74 Å². The Morgan fingerprint density at radius 2 is 1.87 bits per heavy atom. The van der Waals surface area contributed by atoms with Crippen molar-refractivity contribution >= 4 is 38.7 Å². The molecule has 4 heterocycles. The van der Waals surface area contributed by atoms with Gasteiger partial charge in [0.05, 0.1) is 22.4 Å². The minimum absolute atomic E-state index is 0.0819. The molecule has 0 amide bonds. The van der Waals surface area contributed by atoms with Crippen molar-refractivity contribution in [1.82, 2.24) is 15.0 Å². The maximum absolute atomic E-state index is 13.2. The van der Waals surface area contributed by atoms with E-state index >= 15 is 0 Å². The average Bonchev–Trinajstić information content (AvgIpc) is 3.47. The zero-order valence-corrected chi connectivity index (χ0v) is 19.3. The second-order valence-electron chi connectivity index (χ2n) is 8.87. The molecule has 0 bridgehead atoms. The first-order valence-electron chi connectivity index (χ1n) is 11.4. The second kappa shape index (κ2) is 8.90. The number of fused-ring (bicyclic) bond motifs is 4. The third kappa shape index (κ3) is 3.79. The van der Waals surface area contributed by atoms with Gasteiger partial charge < -0.3 is 44.3 Å². The van der Waals surface area contributed by atoms with Gasteiger partial charge in [0.15, 0.2) is 5.65 Å². The van der Waals surface area contributed by atoms with Crippen molar-refractivity contribution in [2.75, 3.05) is 6.61 Å². The number of nitrogens with one attached hydrogen (secondary N) is 2. The Balaban J connectivity index is 1.32. The number of benzene rings is 2. The van der Waals surface area contributed by atoms with Gasteiger partial charge in [-0.25, -0.2) is 4.98 Å². The van der Waals surface area contributed by atoms with Crippen molar-refractivity contribution < 1.29 is 39.2 Å². The largest absolute Gasteiger partial charge is 0.463 e. The van der Waals surface area contributed by atoms with Crippen LogP contribution in [0.5, 0.6) is 5.75 Å². The topological polar surface area (TPSA) is 217 Å². The van der Waals surface area contributed by atoms with Crippen LogP contribution in [0.1, 0.15) is 0 Å². The molecule has 14 nitrogen and oxygen atoms in total. The van der Waals surface area contributed by atoms with Crippen molar-refractivity contribution in [3.63, 3.8) is 0 Å². The molecule has 0 aliphatic carbocycles. The van der Waals surface area contributed by atoms with Crippen LogP contribution in [0.3, 0.4) is 0 Å². The summed E-state index contributed by atoms with van der Waals surface area (Å²) in [5.74, 6) is 0.342. The minimum Gasteiger partial charge on any atom is -0.463 e. The van der Waals surface area contributed by atoms with Crippen LogP contribution in [0.25, 0.3) is 44.4 Å². The molecule has 0 spiro atoms.